The molecule has 0 aromatic heterocycles. The zero-order valence-corrected chi connectivity index (χ0v) is 11.6. The number of nitro benzene ring substituents is 1. The molecule has 21 heavy (non-hydrogen) atoms. The third-order valence-corrected chi connectivity index (χ3v) is 2.79. The number of rotatable bonds is 7. The van der Waals surface area contributed by atoms with Gasteiger partial charge in [-0.3, -0.25) is 19.7 Å². The molecule has 0 fully saturated rings. The maximum atomic E-state index is 13.3. The normalized spacial score (nSPS) is 11.8. The van der Waals surface area contributed by atoms with Crippen molar-refractivity contribution in [2.24, 2.45) is 0 Å². The first-order chi connectivity index (χ1) is 9.90. The van der Waals surface area contributed by atoms with E-state index in [1.807, 2.05) is 0 Å². The summed E-state index contributed by atoms with van der Waals surface area (Å²) < 4.78 is 17.7. The Kier molecular flexibility index (Phi) is 5.92. The van der Waals surface area contributed by atoms with E-state index in [2.05, 4.69) is 10.1 Å². The summed E-state index contributed by atoms with van der Waals surface area (Å²) in [5.41, 5.74) is -0.827. The van der Waals surface area contributed by atoms with Gasteiger partial charge in [-0.25, -0.2) is 0 Å². The second-order valence-corrected chi connectivity index (χ2v) is 4.18. The quantitative estimate of drug-likeness (QED) is 0.354. The van der Waals surface area contributed by atoms with E-state index in [1.165, 1.54) is 7.11 Å². The number of nitrogens with one attached hydrogen (secondary N) is 1. The number of halogens is 1. The van der Waals surface area contributed by atoms with Crippen LogP contribution in [0.1, 0.15) is 23.7 Å². The number of methoxy groups -OCH3 is 1. The van der Waals surface area contributed by atoms with Gasteiger partial charge in [0.1, 0.15) is 0 Å². The Morgan fingerprint density at radius 1 is 1.48 bits per heavy atom. The van der Waals surface area contributed by atoms with E-state index < -0.39 is 34.2 Å². The van der Waals surface area contributed by atoms with Gasteiger partial charge in [0.05, 0.1) is 24.5 Å². The molecule has 1 N–H and O–H groups in total. The number of ketones is 1. The molecule has 1 atom stereocenters. The second kappa shape index (κ2) is 7.44. The smallest absolute Gasteiger partial charge is 0.307 e. The van der Waals surface area contributed by atoms with Crippen LogP contribution in [0.2, 0.25) is 0 Å². The molecule has 8 heteroatoms. The van der Waals surface area contributed by atoms with Crippen LogP contribution >= 0.6 is 0 Å². The van der Waals surface area contributed by atoms with Crippen LogP contribution in [0, 0.1) is 15.9 Å². The van der Waals surface area contributed by atoms with Crippen molar-refractivity contribution in [3.8, 4) is 0 Å². The lowest BCUT2D eigenvalue weighted by molar-refractivity contribution is -0.387. The monoisotopic (exact) mass is 298 g/mol. The fraction of sp³-hybridized carbons (Fsp3) is 0.385. The predicted octanol–water partition coefficient (Wildman–Crippen LogP) is 1.46. The van der Waals surface area contributed by atoms with E-state index in [4.69, 9.17) is 0 Å². The molecular formula is C13H15FN2O5. The summed E-state index contributed by atoms with van der Waals surface area (Å²) >= 11 is 0. The largest absolute Gasteiger partial charge is 0.469 e. The van der Waals surface area contributed by atoms with Gasteiger partial charge in [0.2, 0.25) is 5.82 Å². The van der Waals surface area contributed by atoms with Crippen molar-refractivity contribution in [1.29, 1.82) is 0 Å². The van der Waals surface area contributed by atoms with Gasteiger partial charge in [0.15, 0.2) is 5.78 Å². The van der Waals surface area contributed by atoms with Gasteiger partial charge in [-0.1, -0.05) is 6.92 Å². The molecule has 0 aliphatic heterocycles. The van der Waals surface area contributed by atoms with E-state index in [0.29, 0.717) is 6.54 Å². The maximum absolute atomic E-state index is 13.3. The molecule has 0 radical (unpaired) electrons. The van der Waals surface area contributed by atoms with Crippen LogP contribution in [0.25, 0.3) is 0 Å². The molecule has 1 unspecified atom stereocenters. The fourth-order valence-corrected chi connectivity index (χ4v) is 1.76. The van der Waals surface area contributed by atoms with Crippen molar-refractivity contribution in [3.05, 3.63) is 39.7 Å². The average Bonchev–Trinajstić information content (AvgIpc) is 2.46. The van der Waals surface area contributed by atoms with Gasteiger partial charge in [-0.2, -0.15) is 4.39 Å². The molecule has 114 valence electrons. The van der Waals surface area contributed by atoms with E-state index in [0.717, 1.165) is 18.2 Å². The molecule has 0 aliphatic rings. The first kappa shape index (κ1) is 16.7. The minimum absolute atomic E-state index is 0.0436. The van der Waals surface area contributed by atoms with Gasteiger partial charge >= 0.3 is 11.7 Å². The third kappa shape index (κ3) is 4.32. The van der Waals surface area contributed by atoms with Crippen LogP contribution in [0.15, 0.2) is 18.2 Å². The molecule has 0 saturated heterocycles. The van der Waals surface area contributed by atoms with Crippen LogP contribution < -0.4 is 5.32 Å². The molecule has 1 rings (SSSR count). The van der Waals surface area contributed by atoms with E-state index in [9.17, 15) is 24.1 Å². The Hall–Kier alpha value is -2.35. The Morgan fingerprint density at radius 2 is 2.14 bits per heavy atom. The molecule has 0 saturated carbocycles. The summed E-state index contributed by atoms with van der Waals surface area (Å²) in [6.07, 6.45) is -0.214. The van der Waals surface area contributed by atoms with Crippen molar-refractivity contribution >= 4 is 17.4 Å². The number of nitrogens with zero attached hydrogens (tertiary/aromatic N) is 1. The molecule has 1 aromatic carbocycles. The highest BCUT2D eigenvalue weighted by atomic mass is 19.1. The van der Waals surface area contributed by atoms with Crippen molar-refractivity contribution < 1.29 is 23.6 Å². The van der Waals surface area contributed by atoms with Crippen LogP contribution in [-0.4, -0.2) is 36.4 Å². The summed E-state index contributed by atoms with van der Waals surface area (Å²) in [4.78, 5) is 33.3. The summed E-state index contributed by atoms with van der Waals surface area (Å²) in [6, 6.07) is 1.98. The number of carbonyl (C=O) groups excluding carboxylic acids is 2. The van der Waals surface area contributed by atoms with E-state index in [-0.39, 0.29) is 12.0 Å². The maximum Gasteiger partial charge on any atom is 0.307 e. The molecule has 7 nitrogen and oxygen atoms in total. The van der Waals surface area contributed by atoms with Gasteiger partial charge in [-0.15, -0.1) is 0 Å². The second-order valence-electron chi connectivity index (χ2n) is 4.18. The number of hydrogen-bond donors (Lipinski definition) is 1. The minimum Gasteiger partial charge on any atom is -0.469 e. The first-order valence-corrected chi connectivity index (χ1v) is 6.19. The van der Waals surface area contributed by atoms with Gasteiger partial charge < -0.3 is 10.1 Å². The molecule has 0 spiro atoms. The number of likely N-dealkylation sites (N-methyl/N-ethyl adjacent to an activating group) is 1. The lowest BCUT2D eigenvalue weighted by atomic mass is 10.0. The molecular weight excluding hydrogens is 283 g/mol. The lowest BCUT2D eigenvalue weighted by Gasteiger charge is -2.15. The zero-order chi connectivity index (χ0) is 16.0. The number of benzene rings is 1. The SMILES string of the molecule is CCNC(CC(=O)OC)C(=O)c1ccc(F)c([N+](=O)[O-])c1. The van der Waals surface area contributed by atoms with Crippen molar-refractivity contribution in [2.45, 2.75) is 19.4 Å². The summed E-state index contributed by atoms with van der Waals surface area (Å²) in [6.45, 7) is 2.15. The zero-order valence-electron chi connectivity index (χ0n) is 11.6. The predicted molar refractivity (Wildman–Crippen MR) is 71.5 cm³/mol. The van der Waals surface area contributed by atoms with Crippen LogP contribution in [0.3, 0.4) is 0 Å². The highest BCUT2D eigenvalue weighted by molar-refractivity contribution is 6.02. The van der Waals surface area contributed by atoms with Crippen LogP contribution in [-0.2, 0) is 9.53 Å². The lowest BCUT2D eigenvalue weighted by Crippen LogP contribution is -2.38. The number of esters is 1. The topological polar surface area (TPSA) is 98.5 Å². The first-order valence-electron chi connectivity index (χ1n) is 6.19. The fourth-order valence-electron chi connectivity index (χ4n) is 1.76. The highest BCUT2D eigenvalue weighted by Crippen LogP contribution is 2.20. The average molecular weight is 298 g/mol. The number of ether oxygens (including phenoxy) is 1. The molecule has 0 aliphatic carbocycles. The molecule has 0 amide bonds. The number of carbonyl (C=O) groups is 2. The minimum atomic E-state index is -1.02. The van der Waals surface area contributed by atoms with E-state index >= 15 is 0 Å². The van der Waals surface area contributed by atoms with E-state index in [1.54, 1.807) is 6.92 Å². The van der Waals surface area contributed by atoms with Crippen molar-refractivity contribution in [2.75, 3.05) is 13.7 Å². The molecule has 1 aromatic rings. The number of Topliss-reactive ketones (excluding diaryl/α,β-unsaturated/α-hetero) is 1. The Morgan fingerprint density at radius 3 is 2.67 bits per heavy atom. The summed E-state index contributed by atoms with van der Waals surface area (Å²) in [5.74, 6) is -2.15. The standard InChI is InChI=1S/C13H15FN2O5/c1-3-15-10(7-12(17)21-2)13(18)8-4-5-9(14)11(6-8)16(19)20/h4-6,10,15H,3,7H2,1-2H3. The Bertz CT molecular complexity index is 561. The molecule has 0 bridgehead atoms. The summed E-state index contributed by atoms with van der Waals surface area (Å²) in [7, 11) is 1.19. The van der Waals surface area contributed by atoms with Crippen LogP contribution in [0.5, 0.6) is 0 Å². The van der Waals surface area contributed by atoms with Crippen LogP contribution in [0.4, 0.5) is 10.1 Å². The van der Waals surface area contributed by atoms with Gasteiger partial charge in [0.25, 0.3) is 0 Å². The third-order valence-electron chi connectivity index (χ3n) is 2.79. The van der Waals surface area contributed by atoms with Gasteiger partial charge in [0, 0.05) is 11.6 Å². The molecule has 0 heterocycles. The van der Waals surface area contributed by atoms with Gasteiger partial charge in [-0.05, 0) is 18.7 Å². The highest BCUT2D eigenvalue weighted by Gasteiger charge is 2.25. The summed E-state index contributed by atoms with van der Waals surface area (Å²) in [5, 5.41) is 13.5. The Labute approximate surface area is 120 Å². The van der Waals surface area contributed by atoms with Crippen molar-refractivity contribution in [1.82, 2.24) is 5.32 Å². The number of hydrogen-bond acceptors (Lipinski definition) is 6. The van der Waals surface area contributed by atoms with Crippen molar-refractivity contribution in [3.63, 3.8) is 0 Å². The Balaban J connectivity index is 3.06. The number of nitro groups is 1.